The highest BCUT2D eigenvalue weighted by atomic mass is 19.4. The van der Waals surface area contributed by atoms with E-state index in [0.717, 1.165) is 25.0 Å². The van der Waals surface area contributed by atoms with E-state index in [1.54, 1.807) is 0 Å². The summed E-state index contributed by atoms with van der Waals surface area (Å²) in [7, 11) is 0. The van der Waals surface area contributed by atoms with Gasteiger partial charge in [0.05, 0.1) is 11.0 Å². The summed E-state index contributed by atoms with van der Waals surface area (Å²) < 4.78 is 38.5. The van der Waals surface area contributed by atoms with Crippen molar-refractivity contribution in [1.82, 2.24) is 5.32 Å². The van der Waals surface area contributed by atoms with Gasteiger partial charge in [-0.15, -0.1) is 0 Å². The maximum atomic E-state index is 12.8. The molecule has 0 spiro atoms. The van der Waals surface area contributed by atoms with Gasteiger partial charge in [0.25, 0.3) is 0 Å². The van der Waals surface area contributed by atoms with Crippen LogP contribution in [-0.4, -0.2) is 17.4 Å². The van der Waals surface area contributed by atoms with Crippen molar-refractivity contribution >= 4 is 17.5 Å². The van der Waals surface area contributed by atoms with Crippen LogP contribution in [0.25, 0.3) is 0 Å². The van der Waals surface area contributed by atoms with Gasteiger partial charge < -0.3 is 10.6 Å². The van der Waals surface area contributed by atoms with Crippen LogP contribution in [0.3, 0.4) is 0 Å². The lowest BCUT2D eigenvalue weighted by atomic mass is 9.81. The number of amides is 2. The molecule has 2 rings (SSSR count). The minimum atomic E-state index is -4.47. The Hall–Kier alpha value is -2.05. The van der Waals surface area contributed by atoms with Crippen LogP contribution >= 0.6 is 0 Å². The highest BCUT2D eigenvalue weighted by Gasteiger charge is 2.43. The average Bonchev–Trinajstić information content (AvgIpc) is 2.94. The third-order valence-electron chi connectivity index (χ3n) is 4.50. The molecule has 1 aliphatic rings. The van der Waals surface area contributed by atoms with E-state index in [2.05, 4.69) is 10.6 Å². The number of alkyl halides is 3. The maximum Gasteiger partial charge on any atom is 0.416 e. The van der Waals surface area contributed by atoms with Crippen LogP contribution in [0.1, 0.15) is 58.4 Å². The Morgan fingerprint density at radius 2 is 1.73 bits per heavy atom. The third kappa shape index (κ3) is 5.22. The van der Waals surface area contributed by atoms with Gasteiger partial charge in [0.1, 0.15) is 0 Å². The van der Waals surface area contributed by atoms with Gasteiger partial charge in [-0.1, -0.05) is 18.9 Å². The zero-order valence-electron chi connectivity index (χ0n) is 15.3. The van der Waals surface area contributed by atoms with Gasteiger partial charge in [0.2, 0.25) is 11.8 Å². The highest BCUT2D eigenvalue weighted by molar-refractivity contribution is 5.98. The average molecular weight is 370 g/mol. The second kappa shape index (κ2) is 7.29. The van der Waals surface area contributed by atoms with E-state index in [4.69, 9.17) is 0 Å². The molecular weight excluding hydrogens is 345 g/mol. The lowest BCUT2D eigenvalue weighted by Crippen LogP contribution is -2.45. The number of halogens is 3. The predicted molar refractivity (Wildman–Crippen MR) is 93.5 cm³/mol. The van der Waals surface area contributed by atoms with Crippen LogP contribution in [-0.2, 0) is 15.8 Å². The van der Waals surface area contributed by atoms with Crippen LogP contribution in [0.5, 0.6) is 0 Å². The summed E-state index contributed by atoms with van der Waals surface area (Å²) in [6, 6.07) is 4.55. The first-order valence-electron chi connectivity index (χ1n) is 8.71. The smallest absolute Gasteiger partial charge is 0.351 e. The second-order valence-corrected chi connectivity index (χ2v) is 8.00. The summed E-state index contributed by atoms with van der Waals surface area (Å²) in [5.41, 5.74) is -2.01. The molecule has 1 aromatic rings. The fraction of sp³-hybridized carbons (Fsp3) is 0.579. The molecule has 7 heteroatoms. The summed E-state index contributed by atoms with van der Waals surface area (Å²) in [6.45, 7) is 5.57. The molecule has 26 heavy (non-hydrogen) atoms. The van der Waals surface area contributed by atoms with Gasteiger partial charge in [-0.2, -0.15) is 13.2 Å². The minimum absolute atomic E-state index is 0.0368. The minimum Gasteiger partial charge on any atom is -0.351 e. The molecular formula is C19H25F3N2O2. The Labute approximate surface area is 151 Å². The molecule has 0 saturated heterocycles. The summed E-state index contributed by atoms with van der Waals surface area (Å²) in [6.07, 6.45) is -1.70. The lowest BCUT2D eigenvalue weighted by molar-refractivity contribution is -0.137. The molecule has 1 fully saturated rings. The molecule has 0 heterocycles. The summed E-state index contributed by atoms with van der Waals surface area (Å²) in [5.74, 6) is -0.614. The van der Waals surface area contributed by atoms with Gasteiger partial charge in [-0.3, -0.25) is 9.59 Å². The number of nitrogens with one attached hydrogen (secondary N) is 2. The van der Waals surface area contributed by atoms with Crippen molar-refractivity contribution in [2.24, 2.45) is 5.41 Å². The Morgan fingerprint density at radius 3 is 2.27 bits per heavy atom. The Morgan fingerprint density at radius 1 is 1.12 bits per heavy atom. The highest BCUT2D eigenvalue weighted by Crippen LogP contribution is 2.42. The standard InChI is InChI=1S/C19H25F3N2O2/c1-17(2,3)24-15(25)12-18(9-4-5-10-18)16(26)23-14-8-6-7-13(11-14)19(20,21)22/h6-8,11H,4-5,9-10,12H2,1-3H3,(H,23,26)(H,24,25). The van der Waals surface area contributed by atoms with E-state index in [9.17, 15) is 22.8 Å². The molecule has 1 aliphatic carbocycles. The number of hydrogen-bond acceptors (Lipinski definition) is 2. The third-order valence-corrected chi connectivity index (χ3v) is 4.50. The van der Waals surface area contributed by atoms with E-state index in [-0.39, 0.29) is 18.0 Å². The first kappa shape index (κ1) is 20.3. The number of rotatable bonds is 4. The molecule has 2 N–H and O–H groups in total. The molecule has 0 bridgehead atoms. The first-order chi connectivity index (χ1) is 11.9. The molecule has 0 atom stereocenters. The molecule has 0 radical (unpaired) electrons. The van der Waals surface area contributed by atoms with Crippen LogP contribution in [0.4, 0.5) is 18.9 Å². The van der Waals surface area contributed by atoms with E-state index in [1.807, 2.05) is 20.8 Å². The quantitative estimate of drug-likeness (QED) is 0.819. The van der Waals surface area contributed by atoms with Gasteiger partial charge in [-0.05, 0) is 51.8 Å². The number of anilines is 1. The van der Waals surface area contributed by atoms with Gasteiger partial charge in [-0.25, -0.2) is 0 Å². The normalized spacial score (nSPS) is 17.0. The first-order valence-corrected chi connectivity index (χ1v) is 8.71. The Bertz CT molecular complexity index is 672. The predicted octanol–water partition coefficient (Wildman–Crippen LogP) is 4.51. The topological polar surface area (TPSA) is 58.2 Å². The van der Waals surface area contributed by atoms with Gasteiger partial charge >= 0.3 is 6.18 Å². The fourth-order valence-corrected chi connectivity index (χ4v) is 3.34. The second-order valence-electron chi connectivity index (χ2n) is 8.00. The number of hydrogen-bond donors (Lipinski definition) is 2. The van der Waals surface area contributed by atoms with E-state index in [1.165, 1.54) is 12.1 Å². The van der Waals surface area contributed by atoms with E-state index < -0.39 is 28.6 Å². The largest absolute Gasteiger partial charge is 0.416 e. The van der Waals surface area contributed by atoms with Crippen molar-refractivity contribution in [1.29, 1.82) is 0 Å². The number of carbonyl (C=O) groups excluding carboxylic acids is 2. The van der Waals surface area contributed by atoms with Crippen LogP contribution in [0.2, 0.25) is 0 Å². The Kier molecular flexibility index (Phi) is 5.68. The monoisotopic (exact) mass is 370 g/mol. The molecule has 1 saturated carbocycles. The van der Waals surface area contributed by atoms with Crippen LogP contribution in [0, 0.1) is 5.41 Å². The molecule has 0 unspecified atom stereocenters. The molecule has 1 aromatic carbocycles. The van der Waals surface area contributed by atoms with Crippen molar-refractivity contribution in [3.05, 3.63) is 29.8 Å². The van der Waals surface area contributed by atoms with E-state index >= 15 is 0 Å². The summed E-state index contributed by atoms with van der Waals surface area (Å²) >= 11 is 0. The van der Waals surface area contributed by atoms with Crippen molar-refractivity contribution in [3.63, 3.8) is 0 Å². The summed E-state index contributed by atoms with van der Waals surface area (Å²) in [5, 5.41) is 5.44. The molecule has 0 aliphatic heterocycles. The zero-order valence-corrected chi connectivity index (χ0v) is 15.3. The van der Waals surface area contributed by atoms with Crippen molar-refractivity contribution < 1.29 is 22.8 Å². The molecule has 2 amide bonds. The molecule has 0 aromatic heterocycles. The van der Waals surface area contributed by atoms with Crippen molar-refractivity contribution in [2.45, 2.75) is 64.6 Å². The zero-order chi connectivity index (χ0) is 19.6. The van der Waals surface area contributed by atoms with Gasteiger partial charge in [0.15, 0.2) is 0 Å². The summed E-state index contributed by atoms with van der Waals surface area (Å²) in [4.78, 5) is 25.1. The SMILES string of the molecule is CC(C)(C)NC(=O)CC1(C(=O)Nc2cccc(C(F)(F)F)c2)CCCC1. The fourth-order valence-electron chi connectivity index (χ4n) is 3.34. The van der Waals surface area contributed by atoms with Crippen LogP contribution < -0.4 is 10.6 Å². The number of carbonyl (C=O) groups is 2. The van der Waals surface area contributed by atoms with Gasteiger partial charge in [0, 0.05) is 17.6 Å². The van der Waals surface area contributed by atoms with Crippen LogP contribution in [0.15, 0.2) is 24.3 Å². The number of benzene rings is 1. The maximum absolute atomic E-state index is 12.8. The van der Waals surface area contributed by atoms with Crippen molar-refractivity contribution in [2.75, 3.05) is 5.32 Å². The Balaban J connectivity index is 2.15. The molecule has 144 valence electrons. The lowest BCUT2D eigenvalue weighted by Gasteiger charge is -2.29. The van der Waals surface area contributed by atoms with Crippen molar-refractivity contribution in [3.8, 4) is 0 Å². The molecule has 4 nitrogen and oxygen atoms in total. The van der Waals surface area contributed by atoms with E-state index in [0.29, 0.717) is 12.8 Å².